The van der Waals surface area contributed by atoms with Crippen molar-refractivity contribution in [3.63, 3.8) is 0 Å². The Balaban J connectivity index is 1.77. The zero-order chi connectivity index (χ0) is 25.3. The van der Waals surface area contributed by atoms with Gasteiger partial charge in [-0.05, 0) is 24.3 Å². The molecule has 0 atom stereocenters. The van der Waals surface area contributed by atoms with Crippen LogP contribution in [0.5, 0.6) is 5.75 Å². The molecule has 0 bridgehead atoms. The number of piperazine rings is 1. The van der Waals surface area contributed by atoms with Gasteiger partial charge >= 0.3 is 6.36 Å². The summed E-state index contributed by atoms with van der Waals surface area (Å²) in [6.07, 6.45) is -4.96. The minimum atomic E-state index is -4.99. The third kappa shape index (κ3) is 5.45. The summed E-state index contributed by atoms with van der Waals surface area (Å²) in [7, 11) is 0. The van der Waals surface area contributed by atoms with Crippen LogP contribution in [-0.2, 0) is 4.79 Å². The summed E-state index contributed by atoms with van der Waals surface area (Å²) in [6.45, 7) is 2.37. The van der Waals surface area contributed by atoms with E-state index >= 15 is 0 Å². The van der Waals surface area contributed by atoms with E-state index in [1.165, 1.54) is 36.4 Å². The van der Waals surface area contributed by atoms with E-state index in [0.717, 1.165) is 6.07 Å². The number of hydrogen-bond donors (Lipinski definition) is 1. The molecule has 1 aliphatic rings. The maximum absolute atomic E-state index is 13.0. The van der Waals surface area contributed by atoms with Gasteiger partial charge in [0.1, 0.15) is 29.8 Å². The number of halogens is 4. The Morgan fingerprint density at radius 1 is 1.14 bits per heavy atom. The lowest BCUT2D eigenvalue weighted by Crippen LogP contribution is -2.52. The van der Waals surface area contributed by atoms with Crippen LogP contribution in [0.15, 0.2) is 30.6 Å². The number of rotatable bonds is 4. The topological polar surface area (TPSA) is 124 Å². The molecule has 1 saturated heterocycles. The van der Waals surface area contributed by atoms with Gasteiger partial charge < -0.3 is 29.8 Å². The second kappa shape index (κ2) is 9.41. The molecule has 2 amide bonds. The predicted molar refractivity (Wildman–Crippen MR) is 118 cm³/mol. The number of benzene rings is 1. The second-order valence-corrected chi connectivity index (χ2v) is 7.97. The summed E-state index contributed by atoms with van der Waals surface area (Å²) in [4.78, 5) is 38.1. The number of hydrogen-bond acceptors (Lipinski definition) is 8. The summed E-state index contributed by atoms with van der Waals surface area (Å²) < 4.78 is 43.2. The minimum absolute atomic E-state index is 0.00681. The first-order valence-electron chi connectivity index (χ1n) is 10.2. The first-order valence-corrected chi connectivity index (χ1v) is 10.6. The van der Waals surface area contributed by atoms with Crippen molar-refractivity contribution in [1.82, 2.24) is 19.9 Å². The molecule has 14 heteroatoms. The first-order chi connectivity index (χ1) is 16.5. The van der Waals surface area contributed by atoms with E-state index in [4.69, 9.17) is 11.6 Å². The van der Waals surface area contributed by atoms with Crippen LogP contribution in [0.1, 0.15) is 6.92 Å². The predicted octanol–water partition coefficient (Wildman–Crippen LogP) is 2.67. The van der Waals surface area contributed by atoms with Crippen molar-refractivity contribution in [3.8, 4) is 17.0 Å². The van der Waals surface area contributed by atoms with E-state index in [2.05, 4.69) is 25.0 Å². The van der Waals surface area contributed by atoms with Crippen molar-refractivity contribution in [2.45, 2.75) is 13.3 Å². The first kappa shape index (κ1) is 24.3. The zero-order valence-electron chi connectivity index (χ0n) is 18.1. The Morgan fingerprint density at radius 3 is 2.49 bits per heavy atom. The monoisotopic (exact) mass is 509 g/mol. The average molecular weight is 510 g/mol. The zero-order valence-corrected chi connectivity index (χ0v) is 18.9. The molecule has 0 saturated carbocycles. The second-order valence-electron chi connectivity index (χ2n) is 7.56. The van der Waals surface area contributed by atoms with Crippen LogP contribution in [0.3, 0.4) is 0 Å². The van der Waals surface area contributed by atoms with Crippen LogP contribution in [0.2, 0.25) is 5.02 Å². The fourth-order valence-electron chi connectivity index (χ4n) is 3.69. The van der Waals surface area contributed by atoms with Crippen LogP contribution in [-0.4, -0.2) is 64.4 Å². The van der Waals surface area contributed by atoms with E-state index in [1.54, 1.807) is 0 Å². The van der Waals surface area contributed by atoms with Crippen LogP contribution in [0, 0.1) is 0 Å². The molecule has 1 N–H and O–H groups in total. The SMILES string of the molecule is CC(=O)Nc1ccc(OC(F)(F)F)c(-c2cc3ncnc(N4CCN(C(=O)[O-])CC4)c3cc2Cl)n1. The molecule has 0 radical (unpaired) electrons. The lowest BCUT2D eigenvalue weighted by Gasteiger charge is -2.37. The van der Waals surface area contributed by atoms with Crippen LogP contribution < -0.4 is 20.1 Å². The lowest BCUT2D eigenvalue weighted by molar-refractivity contribution is -0.274. The number of carbonyl (C=O) groups is 2. The summed E-state index contributed by atoms with van der Waals surface area (Å²) in [5.41, 5.74) is 0.210. The van der Waals surface area contributed by atoms with E-state index in [-0.39, 0.29) is 35.2 Å². The van der Waals surface area contributed by atoms with Crippen molar-refractivity contribution in [1.29, 1.82) is 0 Å². The lowest BCUT2D eigenvalue weighted by atomic mass is 10.1. The van der Waals surface area contributed by atoms with Crippen LogP contribution >= 0.6 is 11.6 Å². The molecule has 35 heavy (non-hydrogen) atoms. The molecule has 3 heterocycles. The number of nitrogens with one attached hydrogen (secondary N) is 1. The average Bonchev–Trinajstić information content (AvgIpc) is 2.78. The maximum Gasteiger partial charge on any atom is 0.573 e. The minimum Gasteiger partial charge on any atom is -0.530 e. The van der Waals surface area contributed by atoms with Crippen molar-refractivity contribution in [2.75, 3.05) is 36.4 Å². The Hall–Kier alpha value is -3.87. The van der Waals surface area contributed by atoms with Crippen LogP contribution in [0.4, 0.5) is 29.6 Å². The van der Waals surface area contributed by atoms with Gasteiger partial charge in [0.05, 0.1) is 10.5 Å². The number of carboxylic acid groups (broad SMARTS) is 1. The Morgan fingerprint density at radius 2 is 1.86 bits per heavy atom. The number of pyridine rings is 1. The van der Waals surface area contributed by atoms with Crippen molar-refractivity contribution in [2.24, 2.45) is 0 Å². The van der Waals surface area contributed by atoms with E-state index < -0.39 is 24.1 Å². The van der Waals surface area contributed by atoms with Crippen molar-refractivity contribution >= 4 is 46.1 Å². The molecule has 10 nitrogen and oxygen atoms in total. The van der Waals surface area contributed by atoms with Gasteiger partial charge in [0.15, 0.2) is 5.75 Å². The molecule has 0 unspecified atom stereocenters. The molecule has 0 spiro atoms. The number of nitrogens with zero attached hydrogens (tertiary/aromatic N) is 5. The molecule has 184 valence electrons. The van der Waals surface area contributed by atoms with Crippen molar-refractivity contribution in [3.05, 3.63) is 35.6 Å². The molecule has 1 aliphatic heterocycles. The Bertz CT molecular complexity index is 1300. The summed E-state index contributed by atoms with van der Waals surface area (Å²) in [6, 6.07) is 5.15. The molecule has 1 fully saturated rings. The molecule has 1 aromatic carbocycles. The van der Waals surface area contributed by atoms with Gasteiger partial charge in [-0.15, -0.1) is 13.2 Å². The summed E-state index contributed by atoms with van der Waals surface area (Å²) in [5, 5.41) is 14.0. The smallest absolute Gasteiger partial charge is 0.530 e. The van der Waals surface area contributed by atoms with Crippen molar-refractivity contribution < 1.29 is 32.6 Å². The van der Waals surface area contributed by atoms with Gasteiger partial charge in [0, 0.05) is 44.1 Å². The standard InChI is InChI=1S/C21H18ClF3N6O4/c1-11(32)28-17-3-2-16(35-21(23,24)25)18(29-17)12-9-15-13(8-14(12)22)19(27-10-26-15)30-4-6-31(7-5-30)20(33)34/h2-3,8-10H,4-7H2,1H3,(H,33,34)(H,28,29,32)/p-1. The summed E-state index contributed by atoms with van der Waals surface area (Å²) in [5.74, 6) is -0.574. The largest absolute Gasteiger partial charge is 0.573 e. The highest BCUT2D eigenvalue weighted by molar-refractivity contribution is 6.34. The quantitative estimate of drug-likeness (QED) is 0.569. The molecular weight excluding hydrogens is 493 g/mol. The van der Waals surface area contributed by atoms with E-state index in [0.29, 0.717) is 29.8 Å². The number of aromatic nitrogens is 3. The highest BCUT2D eigenvalue weighted by Gasteiger charge is 2.33. The molecule has 2 aromatic heterocycles. The fourth-order valence-corrected chi connectivity index (χ4v) is 3.95. The van der Waals surface area contributed by atoms with Gasteiger partial charge in [-0.25, -0.2) is 15.0 Å². The molecule has 0 aliphatic carbocycles. The third-order valence-corrected chi connectivity index (χ3v) is 5.50. The van der Waals surface area contributed by atoms with Gasteiger partial charge in [0.2, 0.25) is 5.91 Å². The van der Waals surface area contributed by atoms with Gasteiger partial charge in [-0.2, -0.15) is 0 Å². The number of anilines is 2. The number of alkyl halides is 3. The van der Waals surface area contributed by atoms with Gasteiger partial charge in [-0.3, -0.25) is 4.79 Å². The molecule has 4 rings (SSSR count). The van der Waals surface area contributed by atoms with Gasteiger partial charge in [0.25, 0.3) is 0 Å². The summed E-state index contributed by atoms with van der Waals surface area (Å²) >= 11 is 6.48. The number of carbonyl (C=O) groups excluding carboxylic acids is 2. The number of ether oxygens (including phenoxy) is 1. The Labute approximate surface area is 201 Å². The maximum atomic E-state index is 13.0. The Kier molecular flexibility index (Phi) is 6.52. The third-order valence-electron chi connectivity index (χ3n) is 5.18. The van der Waals surface area contributed by atoms with Crippen LogP contribution in [0.25, 0.3) is 22.2 Å². The molecular formula is C21H17ClF3N6O4-. The fraction of sp³-hybridized carbons (Fsp3) is 0.286. The normalized spacial score (nSPS) is 14.2. The molecule has 3 aromatic rings. The van der Waals surface area contributed by atoms with E-state index in [9.17, 15) is 27.9 Å². The highest BCUT2D eigenvalue weighted by Crippen LogP contribution is 2.40. The highest BCUT2D eigenvalue weighted by atomic mass is 35.5. The van der Waals surface area contributed by atoms with Gasteiger partial charge in [-0.1, -0.05) is 11.6 Å². The van der Waals surface area contributed by atoms with E-state index in [1.807, 2.05) is 4.90 Å². The number of fused-ring (bicyclic) bond motifs is 1. The number of amides is 2.